The molecule has 10 heavy (non-hydrogen) atoms. The van der Waals surface area contributed by atoms with E-state index in [4.69, 9.17) is 5.02 Å². The Kier molecular flexibility index (Phi) is 2.06. The van der Waals surface area contributed by atoms with Crippen molar-refractivity contribution in [3.63, 3.8) is 0 Å². The summed E-state index contributed by atoms with van der Waals surface area (Å²) in [5.74, 6) is -0.430. The molecule has 0 saturated carbocycles. The molecule has 1 atom stereocenters. The standard InChI is InChI=1S/C5H9BFNO2/c1-6(10)8-2-4(7)5(9)3-8/h4,10H,2-3H2,1H3. The van der Waals surface area contributed by atoms with Gasteiger partial charge in [0.1, 0.15) is 0 Å². The summed E-state index contributed by atoms with van der Waals surface area (Å²) in [4.78, 5) is 12.0. The lowest BCUT2D eigenvalue weighted by Gasteiger charge is -2.12. The van der Waals surface area contributed by atoms with Gasteiger partial charge in [-0.2, -0.15) is 0 Å². The highest BCUT2D eigenvalue weighted by Gasteiger charge is 2.33. The molecule has 0 radical (unpaired) electrons. The van der Waals surface area contributed by atoms with Crippen molar-refractivity contribution in [1.82, 2.24) is 4.81 Å². The first kappa shape index (κ1) is 7.69. The van der Waals surface area contributed by atoms with Gasteiger partial charge < -0.3 is 9.83 Å². The van der Waals surface area contributed by atoms with Crippen molar-refractivity contribution in [2.75, 3.05) is 13.1 Å². The van der Waals surface area contributed by atoms with Crippen LogP contribution in [0.4, 0.5) is 4.39 Å². The SMILES string of the molecule is CB(O)N1CC(=O)C(F)C1. The summed E-state index contributed by atoms with van der Waals surface area (Å²) in [5.41, 5.74) is 0. The average Bonchev–Trinajstić information content (AvgIpc) is 2.13. The molecule has 1 aliphatic rings. The molecule has 0 amide bonds. The third-order valence-electron chi connectivity index (χ3n) is 1.63. The minimum atomic E-state index is -1.39. The summed E-state index contributed by atoms with van der Waals surface area (Å²) < 4.78 is 12.4. The highest BCUT2D eigenvalue weighted by atomic mass is 19.1. The van der Waals surface area contributed by atoms with Gasteiger partial charge in [0.25, 0.3) is 0 Å². The number of alkyl halides is 1. The fourth-order valence-electron chi connectivity index (χ4n) is 0.956. The molecule has 5 heteroatoms. The summed E-state index contributed by atoms with van der Waals surface area (Å²) in [6.45, 7) is 1.60. The lowest BCUT2D eigenvalue weighted by Crippen LogP contribution is -2.35. The summed E-state index contributed by atoms with van der Waals surface area (Å²) in [5, 5.41) is 8.89. The Hall–Kier alpha value is -0.415. The van der Waals surface area contributed by atoms with Crippen LogP contribution in [0.25, 0.3) is 0 Å². The molecule has 0 aliphatic carbocycles. The first-order valence-electron chi connectivity index (χ1n) is 3.20. The van der Waals surface area contributed by atoms with E-state index in [2.05, 4.69) is 0 Å². The van der Waals surface area contributed by atoms with Gasteiger partial charge in [-0.3, -0.25) is 4.79 Å². The van der Waals surface area contributed by atoms with Crippen molar-refractivity contribution >= 4 is 12.8 Å². The van der Waals surface area contributed by atoms with E-state index in [9.17, 15) is 9.18 Å². The molecule has 1 saturated heterocycles. The zero-order chi connectivity index (χ0) is 7.72. The maximum absolute atomic E-state index is 12.4. The van der Waals surface area contributed by atoms with E-state index in [0.29, 0.717) is 0 Å². The smallest absolute Gasteiger partial charge is 0.376 e. The fourth-order valence-corrected chi connectivity index (χ4v) is 0.956. The number of ketones is 1. The second-order valence-corrected chi connectivity index (χ2v) is 2.50. The normalized spacial score (nSPS) is 27.5. The molecule has 0 bridgehead atoms. The lowest BCUT2D eigenvalue weighted by atomic mass is 9.86. The molecule has 1 N–H and O–H groups in total. The minimum absolute atomic E-state index is 0.0382. The Labute approximate surface area is 59.0 Å². The maximum atomic E-state index is 12.4. The zero-order valence-electron chi connectivity index (χ0n) is 5.75. The first-order chi connectivity index (χ1) is 4.61. The molecule has 0 aromatic heterocycles. The Balaban J connectivity index is 2.49. The van der Waals surface area contributed by atoms with Crippen LogP contribution < -0.4 is 0 Å². The fraction of sp³-hybridized carbons (Fsp3) is 0.800. The van der Waals surface area contributed by atoms with Crippen LogP contribution >= 0.6 is 0 Å². The predicted octanol–water partition coefficient (Wildman–Crippen LogP) is -0.681. The monoisotopic (exact) mass is 145 g/mol. The molecule has 1 fully saturated rings. The third kappa shape index (κ3) is 1.35. The number of carbonyl (C=O) groups is 1. The number of Topliss-reactive ketones (excluding diaryl/α,β-unsaturated/α-hetero) is 1. The minimum Gasteiger partial charge on any atom is -0.437 e. The zero-order valence-corrected chi connectivity index (χ0v) is 5.75. The largest absolute Gasteiger partial charge is 0.437 e. The highest BCUT2D eigenvalue weighted by Crippen LogP contribution is 2.08. The van der Waals surface area contributed by atoms with Gasteiger partial charge in [-0.05, 0) is 6.82 Å². The van der Waals surface area contributed by atoms with E-state index in [0.717, 1.165) is 0 Å². The molecule has 1 heterocycles. The second-order valence-electron chi connectivity index (χ2n) is 2.50. The van der Waals surface area contributed by atoms with E-state index in [1.54, 1.807) is 0 Å². The van der Waals surface area contributed by atoms with Crippen LogP contribution in [-0.4, -0.2) is 41.9 Å². The Morgan fingerprint density at radius 1 is 1.90 bits per heavy atom. The van der Waals surface area contributed by atoms with Crippen LogP contribution in [0.3, 0.4) is 0 Å². The first-order valence-corrected chi connectivity index (χ1v) is 3.20. The van der Waals surface area contributed by atoms with Crippen molar-refractivity contribution in [2.24, 2.45) is 0 Å². The second kappa shape index (κ2) is 2.68. The van der Waals surface area contributed by atoms with Gasteiger partial charge in [0.05, 0.1) is 6.54 Å². The van der Waals surface area contributed by atoms with Gasteiger partial charge in [0.15, 0.2) is 12.0 Å². The topological polar surface area (TPSA) is 40.5 Å². The molecule has 0 aromatic rings. The van der Waals surface area contributed by atoms with E-state index in [-0.39, 0.29) is 13.1 Å². The van der Waals surface area contributed by atoms with E-state index >= 15 is 0 Å². The Morgan fingerprint density at radius 3 is 2.70 bits per heavy atom. The van der Waals surface area contributed by atoms with Crippen molar-refractivity contribution < 1.29 is 14.2 Å². The average molecular weight is 145 g/mol. The molecular weight excluding hydrogens is 136 g/mol. The van der Waals surface area contributed by atoms with Crippen LogP contribution in [0.1, 0.15) is 0 Å². The number of hydrogen-bond acceptors (Lipinski definition) is 3. The van der Waals surface area contributed by atoms with Gasteiger partial charge in [-0.15, -0.1) is 0 Å². The van der Waals surface area contributed by atoms with Crippen LogP contribution in [0.5, 0.6) is 0 Å². The van der Waals surface area contributed by atoms with E-state index < -0.39 is 19.0 Å². The van der Waals surface area contributed by atoms with Gasteiger partial charge in [0.2, 0.25) is 0 Å². The van der Waals surface area contributed by atoms with E-state index in [1.165, 1.54) is 11.6 Å². The maximum Gasteiger partial charge on any atom is 0.376 e. The van der Waals surface area contributed by atoms with Crippen molar-refractivity contribution in [1.29, 1.82) is 0 Å². The lowest BCUT2D eigenvalue weighted by molar-refractivity contribution is -0.120. The number of hydrogen-bond donors (Lipinski definition) is 1. The molecule has 3 nitrogen and oxygen atoms in total. The molecule has 0 spiro atoms. The molecule has 1 aliphatic heterocycles. The quantitative estimate of drug-likeness (QED) is 0.497. The summed E-state index contributed by atoms with van der Waals surface area (Å²) >= 11 is 0. The molecule has 56 valence electrons. The van der Waals surface area contributed by atoms with E-state index in [1.807, 2.05) is 0 Å². The number of rotatable bonds is 1. The summed E-state index contributed by atoms with van der Waals surface area (Å²) in [6.07, 6.45) is -1.39. The third-order valence-corrected chi connectivity index (χ3v) is 1.63. The van der Waals surface area contributed by atoms with Crippen LogP contribution in [0.2, 0.25) is 6.82 Å². The summed E-state index contributed by atoms with van der Waals surface area (Å²) in [6, 6.07) is 0. The Bertz CT molecular complexity index is 153. The van der Waals surface area contributed by atoms with Crippen molar-refractivity contribution in [3.8, 4) is 0 Å². The van der Waals surface area contributed by atoms with Gasteiger partial charge in [-0.25, -0.2) is 4.39 Å². The summed E-state index contributed by atoms with van der Waals surface area (Å²) in [7, 11) is -0.718. The number of halogens is 1. The number of nitrogens with zero attached hydrogens (tertiary/aromatic N) is 1. The van der Waals surface area contributed by atoms with Crippen LogP contribution in [0, 0.1) is 0 Å². The van der Waals surface area contributed by atoms with Crippen molar-refractivity contribution in [2.45, 2.75) is 13.0 Å². The molecule has 0 aromatic carbocycles. The van der Waals surface area contributed by atoms with Crippen LogP contribution in [0.15, 0.2) is 0 Å². The van der Waals surface area contributed by atoms with Crippen LogP contribution in [-0.2, 0) is 4.79 Å². The van der Waals surface area contributed by atoms with Gasteiger partial charge >= 0.3 is 7.05 Å². The molecular formula is C5H9BFNO2. The number of carbonyl (C=O) groups excluding carboxylic acids is 1. The molecule has 1 unspecified atom stereocenters. The van der Waals surface area contributed by atoms with Crippen molar-refractivity contribution in [3.05, 3.63) is 0 Å². The van der Waals surface area contributed by atoms with Gasteiger partial charge in [-0.1, -0.05) is 0 Å². The Morgan fingerprint density at radius 2 is 2.50 bits per heavy atom. The molecule has 1 rings (SSSR count). The predicted molar refractivity (Wildman–Crippen MR) is 35.3 cm³/mol. The van der Waals surface area contributed by atoms with Gasteiger partial charge in [0, 0.05) is 6.54 Å². The highest BCUT2D eigenvalue weighted by molar-refractivity contribution is 6.46.